The van der Waals surface area contributed by atoms with Crippen LogP contribution in [-0.4, -0.2) is 61.5 Å². The Morgan fingerprint density at radius 2 is 1.84 bits per heavy atom. The zero-order chi connectivity index (χ0) is 23.5. The number of hydrogen-bond acceptors (Lipinski definition) is 5. The standard InChI is InChI=1S/C19H33F2NO7S2/c1-13-10-14-6-4-8-16(11-14)18(13,2)29-17(23)15-7-5-9-22(12-15)30(24,25)19(20,21)31(3,26,27)28/h13-16H,4-12H2,1-3H3,(H2,26,27,28). The highest BCUT2D eigenvalue weighted by Gasteiger charge is 2.66. The van der Waals surface area contributed by atoms with Crippen molar-refractivity contribution in [1.29, 1.82) is 0 Å². The van der Waals surface area contributed by atoms with Crippen molar-refractivity contribution in [3.05, 3.63) is 0 Å². The predicted octanol–water partition coefficient (Wildman–Crippen LogP) is 3.12. The zero-order valence-corrected chi connectivity index (χ0v) is 19.8. The molecule has 0 amide bonds. The first-order chi connectivity index (χ1) is 14.0. The van der Waals surface area contributed by atoms with Crippen LogP contribution in [0.1, 0.15) is 58.8 Å². The molecule has 0 spiro atoms. The van der Waals surface area contributed by atoms with Gasteiger partial charge in [-0.1, -0.05) is 19.8 Å². The molecule has 5 unspecified atom stereocenters. The molecule has 12 heteroatoms. The number of halogens is 2. The molecule has 0 radical (unpaired) electrons. The van der Waals surface area contributed by atoms with E-state index in [9.17, 15) is 35.3 Å². The number of esters is 1. The molecule has 182 valence electrons. The average molecular weight is 490 g/mol. The van der Waals surface area contributed by atoms with E-state index in [4.69, 9.17) is 4.74 Å². The number of piperidine rings is 1. The van der Waals surface area contributed by atoms with Gasteiger partial charge in [0.2, 0.25) is 0 Å². The SMILES string of the molecule is CC1CC2CCCC(C2)C1(C)OC(=O)C1CCCN(S(=O)(=O)C(F)(F)S(C)(=O)(O)O)C1. The lowest BCUT2D eigenvalue weighted by Gasteiger charge is -2.51. The summed E-state index contributed by atoms with van der Waals surface area (Å²) in [6.07, 6.45) is 5.37. The summed E-state index contributed by atoms with van der Waals surface area (Å²) in [6, 6.07) is 0. The first-order valence-corrected chi connectivity index (χ1v) is 14.4. The van der Waals surface area contributed by atoms with Gasteiger partial charge in [0.15, 0.2) is 9.63 Å². The van der Waals surface area contributed by atoms with Gasteiger partial charge in [0.25, 0.3) is 10.0 Å². The molecule has 8 nitrogen and oxygen atoms in total. The summed E-state index contributed by atoms with van der Waals surface area (Å²) in [5, 5.41) is 0. The molecule has 1 saturated heterocycles. The quantitative estimate of drug-likeness (QED) is 0.569. The molecule has 2 bridgehead atoms. The maximum Gasteiger partial charge on any atom is 0.455 e. The number of carbonyl (C=O) groups excluding carboxylic acids is 1. The van der Waals surface area contributed by atoms with Crippen LogP contribution in [0.3, 0.4) is 0 Å². The van der Waals surface area contributed by atoms with E-state index in [2.05, 4.69) is 0 Å². The Morgan fingerprint density at radius 1 is 1.19 bits per heavy atom. The molecule has 1 aliphatic heterocycles. The van der Waals surface area contributed by atoms with E-state index in [0.29, 0.717) is 10.2 Å². The second kappa shape index (κ2) is 7.68. The highest BCUT2D eigenvalue weighted by atomic mass is 32.3. The van der Waals surface area contributed by atoms with E-state index in [1.165, 1.54) is 6.42 Å². The molecule has 3 fully saturated rings. The van der Waals surface area contributed by atoms with Gasteiger partial charge >= 0.3 is 10.6 Å². The van der Waals surface area contributed by atoms with E-state index >= 15 is 0 Å². The van der Waals surface area contributed by atoms with Crippen LogP contribution >= 0.6 is 0 Å². The summed E-state index contributed by atoms with van der Waals surface area (Å²) in [4.78, 5) is 13.0. The first kappa shape index (κ1) is 24.9. The van der Waals surface area contributed by atoms with Crippen LogP contribution in [0.5, 0.6) is 0 Å². The van der Waals surface area contributed by atoms with Gasteiger partial charge in [0, 0.05) is 19.3 Å². The zero-order valence-electron chi connectivity index (χ0n) is 18.1. The molecule has 0 aromatic heterocycles. The van der Waals surface area contributed by atoms with E-state index < -0.39 is 48.3 Å². The van der Waals surface area contributed by atoms with Gasteiger partial charge in [-0.3, -0.25) is 4.79 Å². The van der Waals surface area contributed by atoms with Crippen LogP contribution in [0.15, 0.2) is 0 Å². The fourth-order valence-electron chi connectivity index (χ4n) is 5.39. The number of fused-ring (bicyclic) bond motifs is 2. The third-order valence-corrected chi connectivity index (χ3v) is 12.0. The van der Waals surface area contributed by atoms with Crippen molar-refractivity contribution >= 4 is 25.6 Å². The van der Waals surface area contributed by atoms with Crippen LogP contribution in [-0.2, 0) is 29.2 Å². The number of ether oxygens (including phenoxy) is 1. The Balaban J connectivity index is 1.76. The topological polar surface area (TPSA) is 121 Å². The molecular formula is C19H33F2NO7S2. The molecule has 0 aromatic rings. The summed E-state index contributed by atoms with van der Waals surface area (Å²) in [6.45, 7) is 3.01. The Bertz CT molecular complexity index is 890. The summed E-state index contributed by atoms with van der Waals surface area (Å²) in [5.41, 5.74) is -0.696. The van der Waals surface area contributed by atoms with Crippen molar-refractivity contribution in [3.8, 4) is 0 Å². The third-order valence-electron chi connectivity index (χ3n) is 7.48. The lowest BCUT2D eigenvalue weighted by molar-refractivity contribution is -0.188. The Morgan fingerprint density at radius 3 is 2.45 bits per heavy atom. The Kier molecular flexibility index (Phi) is 6.18. The minimum atomic E-state index is -6.76. The molecule has 1 heterocycles. The molecule has 0 aromatic carbocycles. The number of rotatable bonds is 5. The summed E-state index contributed by atoms with van der Waals surface area (Å²) in [7, 11) is -12.4. The van der Waals surface area contributed by atoms with Crippen molar-refractivity contribution in [3.63, 3.8) is 0 Å². The molecule has 2 N–H and O–H groups in total. The van der Waals surface area contributed by atoms with Crippen LogP contribution in [0.25, 0.3) is 0 Å². The van der Waals surface area contributed by atoms with Crippen molar-refractivity contribution in [2.45, 2.75) is 69.0 Å². The van der Waals surface area contributed by atoms with E-state index in [-0.39, 0.29) is 37.5 Å². The number of hydrogen-bond donors (Lipinski definition) is 2. The molecule has 2 saturated carbocycles. The van der Waals surface area contributed by atoms with Crippen molar-refractivity contribution in [2.24, 2.45) is 23.7 Å². The second-order valence-electron chi connectivity index (χ2n) is 9.87. The van der Waals surface area contributed by atoms with Crippen LogP contribution < -0.4 is 0 Å². The molecule has 2 aliphatic carbocycles. The van der Waals surface area contributed by atoms with Gasteiger partial charge in [0.1, 0.15) is 5.60 Å². The minimum Gasteiger partial charge on any atom is -0.459 e. The van der Waals surface area contributed by atoms with Crippen LogP contribution in [0.2, 0.25) is 0 Å². The Labute approximate surface area is 182 Å². The second-order valence-corrected chi connectivity index (χ2v) is 15.1. The monoisotopic (exact) mass is 489 g/mol. The van der Waals surface area contributed by atoms with Gasteiger partial charge in [-0.2, -0.15) is 13.1 Å². The van der Waals surface area contributed by atoms with E-state index in [1.807, 2.05) is 13.8 Å². The Hall–Kier alpha value is -0.690. The van der Waals surface area contributed by atoms with Gasteiger partial charge in [-0.05, 0) is 56.8 Å². The largest absolute Gasteiger partial charge is 0.459 e. The van der Waals surface area contributed by atoms with Crippen LogP contribution in [0, 0.1) is 23.7 Å². The third kappa shape index (κ3) is 4.30. The van der Waals surface area contributed by atoms with Gasteiger partial charge < -0.3 is 13.8 Å². The summed E-state index contributed by atoms with van der Waals surface area (Å²) < 4.78 is 84.6. The normalized spacial score (nSPS) is 36.9. The maximum absolute atomic E-state index is 14.3. The number of nitrogens with zero attached hydrogens (tertiary/aromatic N) is 1. The number of sulfonamides is 1. The average Bonchev–Trinajstić information content (AvgIpc) is 2.65. The lowest BCUT2D eigenvalue weighted by Crippen LogP contribution is -2.59. The molecular weight excluding hydrogens is 456 g/mol. The highest BCUT2D eigenvalue weighted by Crippen LogP contribution is 2.50. The maximum atomic E-state index is 14.3. The van der Waals surface area contributed by atoms with Gasteiger partial charge in [-0.15, -0.1) is 0 Å². The summed E-state index contributed by atoms with van der Waals surface area (Å²) in [5.74, 6) is -0.645. The number of alkyl halides is 2. The molecule has 5 atom stereocenters. The first-order valence-electron chi connectivity index (χ1n) is 10.7. The number of carbonyl (C=O) groups is 1. The van der Waals surface area contributed by atoms with Gasteiger partial charge in [-0.25, -0.2) is 12.6 Å². The van der Waals surface area contributed by atoms with Crippen molar-refractivity contribution in [2.75, 3.05) is 19.3 Å². The van der Waals surface area contributed by atoms with Crippen molar-refractivity contribution < 1.29 is 40.0 Å². The fraction of sp³-hybridized carbons (Fsp3) is 0.947. The summed E-state index contributed by atoms with van der Waals surface area (Å²) >= 11 is 0. The molecule has 3 rings (SSSR count). The predicted molar refractivity (Wildman–Crippen MR) is 111 cm³/mol. The smallest absolute Gasteiger partial charge is 0.455 e. The molecule has 31 heavy (non-hydrogen) atoms. The highest BCUT2D eigenvalue weighted by molar-refractivity contribution is 8.20. The molecule has 3 aliphatic rings. The lowest BCUT2D eigenvalue weighted by atomic mass is 9.60. The van der Waals surface area contributed by atoms with Crippen molar-refractivity contribution in [1.82, 2.24) is 4.31 Å². The van der Waals surface area contributed by atoms with E-state index in [1.54, 1.807) is 0 Å². The van der Waals surface area contributed by atoms with Gasteiger partial charge in [0.05, 0.1) is 5.92 Å². The van der Waals surface area contributed by atoms with Crippen LogP contribution in [0.4, 0.5) is 8.78 Å². The minimum absolute atomic E-state index is 0.104. The fourth-order valence-corrected chi connectivity index (χ4v) is 8.69. The van der Waals surface area contributed by atoms with E-state index in [0.717, 1.165) is 25.7 Å².